The zero-order chi connectivity index (χ0) is 28.9. The van der Waals surface area contributed by atoms with Crippen LogP contribution in [0.25, 0.3) is 0 Å². The van der Waals surface area contributed by atoms with Crippen LogP contribution in [0.5, 0.6) is 0 Å². The second-order valence-electron chi connectivity index (χ2n) is 11.2. The van der Waals surface area contributed by atoms with Crippen molar-refractivity contribution in [2.24, 2.45) is 0 Å². The van der Waals surface area contributed by atoms with Crippen LogP contribution in [0.15, 0.2) is 70.5 Å². The number of fused-ring (bicyclic) bond motifs is 2. The molecule has 2 amide bonds. The van der Waals surface area contributed by atoms with Crippen molar-refractivity contribution in [2.75, 3.05) is 25.1 Å². The molecule has 1 fully saturated rings. The Morgan fingerprint density at radius 2 is 1.78 bits per heavy atom. The molecule has 0 bridgehead atoms. The van der Waals surface area contributed by atoms with E-state index in [1.807, 2.05) is 13.8 Å². The summed E-state index contributed by atoms with van der Waals surface area (Å²) in [5.74, 6) is -0.510. The molecule has 1 saturated carbocycles. The zero-order valence-electron chi connectivity index (χ0n) is 24.2. The van der Waals surface area contributed by atoms with Crippen LogP contribution in [-0.2, 0) is 17.3 Å². The van der Waals surface area contributed by atoms with E-state index in [0.717, 1.165) is 29.7 Å². The SMILES string of the molecule is Cc1ccc(C)c(CNN2C(=O)c3ccccc3S(=O)c3ccc(C(=O)NCCCN(C)C4CCCCC4)cc32)c1. The summed E-state index contributed by atoms with van der Waals surface area (Å²) in [6, 6.07) is 18.9. The number of nitrogens with zero attached hydrogens (tertiary/aromatic N) is 2. The van der Waals surface area contributed by atoms with E-state index in [-0.39, 0.29) is 11.8 Å². The number of hydrogen-bond donors (Lipinski definition) is 2. The molecule has 8 heteroatoms. The van der Waals surface area contributed by atoms with Gasteiger partial charge in [0.25, 0.3) is 11.8 Å². The fourth-order valence-corrected chi connectivity index (χ4v) is 7.12. The molecule has 1 atom stereocenters. The van der Waals surface area contributed by atoms with Gasteiger partial charge in [0, 0.05) is 24.7 Å². The van der Waals surface area contributed by atoms with Gasteiger partial charge >= 0.3 is 0 Å². The van der Waals surface area contributed by atoms with E-state index >= 15 is 0 Å². The molecule has 1 unspecified atom stereocenters. The minimum absolute atomic E-state index is 0.206. The first-order chi connectivity index (χ1) is 19.8. The Kier molecular flexibility index (Phi) is 9.32. The lowest BCUT2D eigenvalue weighted by Crippen LogP contribution is -2.43. The van der Waals surface area contributed by atoms with Gasteiger partial charge in [0.15, 0.2) is 0 Å². The molecule has 41 heavy (non-hydrogen) atoms. The standard InChI is InChI=1S/C33H40N4O3S/c1-23-14-15-24(2)26(20-23)22-35-37-29-21-25(32(38)34-18-9-19-36(3)27-10-5-4-6-11-27)16-17-31(29)41(40)30-13-8-7-12-28(30)33(37)39/h7-8,12-17,20-21,27,35H,4-6,9-11,18-19,22H2,1-3H3,(H,34,38). The van der Waals surface area contributed by atoms with Crippen molar-refractivity contribution in [3.63, 3.8) is 0 Å². The highest BCUT2D eigenvalue weighted by Gasteiger charge is 2.31. The molecule has 1 aliphatic carbocycles. The van der Waals surface area contributed by atoms with E-state index in [0.29, 0.717) is 45.7 Å². The Morgan fingerprint density at radius 1 is 1.00 bits per heavy atom. The maximum atomic E-state index is 13.8. The van der Waals surface area contributed by atoms with Gasteiger partial charge in [0.05, 0.1) is 31.8 Å². The topological polar surface area (TPSA) is 81.8 Å². The van der Waals surface area contributed by atoms with Crippen molar-refractivity contribution in [1.82, 2.24) is 15.6 Å². The van der Waals surface area contributed by atoms with Crippen LogP contribution in [-0.4, -0.2) is 47.1 Å². The van der Waals surface area contributed by atoms with E-state index in [9.17, 15) is 13.8 Å². The summed E-state index contributed by atoms with van der Waals surface area (Å²) >= 11 is 0. The molecule has 1 aliphatic heterocycles. The smallest absolute Gasteiger partial charge is 0.273 e. The predicted octanol–water partition coefficient (Wildman–Crippen LogP) is 5.52. The third kappa shape index (κ3) is 6.61. The van der Waals surface area contributed by atoms with E-state index < -0.39 is 10.8 Å². The summed E-state index contributed by atoms with van der Waals surface area (Å²) in [7, 11) is 0.599. The van der Waals surface area contributed by atoms with Crippen LogP contribution in [0.3, 0.4) is 0 Å². The predicted molar refractivity (Wildman–Crippen MR) is 164 cm³/mol. The van der Waals surface area contributed by atoms with Crippen molar-refractivity contribution >= 4 is 28.3 Å². The average molecular weight is 573 g/mol. The summed E-state index contributed by atoms with van der Waals surface area (Å²) in [4.78, 5) is 30.4. The monoisotopic (exact) mass is 572 g/mol. The largest absolute Gasteiger partial charge is 0.352 e. The van der Waals surface area contributed by atoms with Gasteiger partial charge in [-0.2, -0.15) is 0 Å². The molecule has 3 aromatic rings. The van der Waals surface area contributed by atoms with Gasteiger partial charge in [0.1, 0.15) is 0 Å². The first-order valence-electron chi connectivity index (χ1n) is 14.6. The van der Waals surface area contributed by atoms with Gasteiger partial charge in [0.2, 0.25) is 0 Å². The number of hydrogen-bond acceptors (Lipinski definition) is 5. The summed E-state index contributed by atoms with van der Waals surface area (Å²) in [5, 5.41) is 4.50. The summed E-state index contributed by atoms with van der Waals surface area (Å²) in [6.45, 7) is 5.98. The van der Waals surface area contributed by atoms with E-state index in [4.69, 9.17) is 0 Å². The Hall–Kier alpha value is -3.33. The molecule has 3 aromatic carbocycles. The molecule has 5 rings (SSSR count). The van der Waals surface area contributed by atoms with E-state index in [1.165, 1.54) is 37.1 Å². The lowest BCUT2D eigenvalue weighted by atomic mass is 9.94. The Morgan fingerprint density at radius 3 is 2.59 bits per heavy atom. The molecule has 216 valence electrons. The highest BCUT2D eigenvalue weighted by Crippen LogP contribution is 2.34. The van der Waals surface area contributed by atoms with Gasteiger partial charge in [-0.25, -0.2) is 14.6 Å². The van der Waals surface area contributed by atoms with Crippen molar-refractivity contribution in [3.8, 4) is 0 Å². The summed E-state index contributed by atoms with van der Waals surface area (Å²) < 4.78 is 13.7. The number of aryl methyl sites for hydroxylation is 2. The van der Waals surface area contributed by atoms with Crippen molar-refractivity contribution in [3.05, 3.63) is 88.5 Å². The zero-order valence-corrected chi connectivity index (χ0v) is 25.1. The molecule has 7 nitrogen and oxygen atoms in total. The first-order valence-corrected chi connectivity index (χ1v) is 15.8. The van der Waals surface area contributed by atoms with Crippen LogP contribution in [0, 0.1) is 13.8 Å². The number of carbonyl (C=O) groups excluding carboxylic acids is 2. The van der Waals surface area contributed by atoms with Gasteiger partial charge in [-0.1, -0.05) is 55.2 Å². The second kappa shape index (κ2) is 13.1. The maximum Gasteiger partial charge on any atom is 0.273 e. The number of benzene rings is 3. The number of rotatable bonds is 9. The molecule has 0 aromatic heterocycles. The minimum Gasteiger partial charge on any atom is -0.352 e. The normalized spacial score (nSPS) is 17.2. The van der Waals surface area contributed by atoms with Crippen molar-refractivity contribution in [1.29, 1.82) is 0 Å². The highest BCUT2D eigenvalue weighted by atomic mass is 32.2. The number of anilines is 1. The number of carbonyl (C=O) groups is 2. The Labute approximate surface area is 245 Å². The fourth-order valence-electron chi connectivity index (χ4n) is 5.79. The van der Waals surface area contributed by atoms with E-state index in [1.54, 1.807) is 42.5 Å². The van der Waals surface area contributed by atoms with Crippen molar-refractivity contribution in [2.45, 2.75) is 74.7 Å². The van der Waals surface area contributed by atoms with Crippen molar-refractivity contribution < 1.29 is 13.8 Å². The van der Waals surface area contributed by atoms with Gasteiger partial charge in [-0.15, -0.1) is 0 Å². The number of nitrogens with one attached hydrogen (secondary N) is 2. The second-order valence-corrected chi connectivity index (χ2v) is 12.7. The van der Waals surface area contributed by atoms with Crippen LogP contribution in [0.4, 0.5) is 5.69 Å². The third-order valence-corrected chi connectivity index (χ3v) is 9.79. The maximum absolute atomic E-state index is 13.8. The molecule has 0 saturated heterocycles. The summed E-state index contributed by atoms with van der Waals surface area (Å²) in [6.07, 6.45) is 7.33. The quantitative estimate of drug-likeness (QED) is 0.330. The van der Waals surface area contributed by atoms with Crippen LogP contribution >= 0.6 is 0 Å². The molecule has 2 aliphatic rings. The molecule has 2 N–H and O–H groups in total. The van der Waals surface area contributed by atoms with Crippen LogP contribution in [0.2, 0.25) is 0 Å². The Balaban J connectivity index is 1.35. The number of hydrazine groups is 1. The summed E-state index contributed by atoms with van der Waals surface area (Å²) in [5.41, 5.74) is 7.82. The van der Waals surface area contributed by atoms with Gasteiger partial charge < -0.3 is 10.2 Å². The number of amides is 2. The lowest BCUT2D eigenvalue weighted by Gasteiger charge is -2.31. The first kappa shape index (κ1) is 29.2. The molecule has 1 heterocycles. The molecular formula is C33H40N4O3S. The van der Waals surface area contributed by atoms with Gasteiger partial charge in [-0.3, -0.25) is 9.59 Å². The van der Waals surface area contributed by atoms with Crippen LogP contribution < -0.4 is 15.8 Å². The van der Waals surface area contributed by atoms with Gasteiger partial charge in [-0.05, 0) is 88.2 Å². The minimum atomic E-state index is -1.58. The lowest BCUT2D eigenvalue weighted by molar-refractivity contribution is 0.0945. The molecule has 0 radical (unpaired) electrons. The highest BCUT2D eigenvalue weighted by molar-refractivity contribution is 7.85. The Bertz CT molecular complexity index is 1450. The molecular weight excluding hydrogens is 532 g/mol. The average Bonchev–Trinajstić information content (AvgIpc) is 3.08. The fraction of sp³-hybridized carbons (Fsp3) is 0.394. The molecule has 0 spiro atoms. The van der Waals surface area contributed by atoms with E-state index in [2.05, 4.69) is 40.9 Å². The third-order valence-electron chi connectivity index (χ3n) is 8.29. The van der Waals surface area contributed by atoms with Crippen LogP contribution in [0.1, 0.15) is 75.9 Å².